The average Bonchev–Trinajstić information content (AvgIpc) is 2.27. The summed E-state index contributed by atoms with van der Waals surface area (Å²) in [5.74, 6) is 0. The lowest BCUT2D eigenvalue weighted by Gasteiger charge is -2.16. The quantitative estimate of drug-likeness (QED) is 0.612. The second-order valence-corrected chi connectivity index (χ2v) is 3.94. The number of rotatable bonds is 5. The Morgan fingerprint density at radius 1 is 1.38 bits per heavy atom. The lowest BCUT2D eigenvalue weighted by atomic mass is 10.1. The third-order valence-electron chi connectivity index (χ3n) is 2.70. The topological polar surface area (TPSA) is 55.2 Å². The molecule has 0 radical (unpaired) electrons. The number of anilines is 1. The molecule has 0 fully saturated rings. The molecule has 0 spiro atoms. The van der Waals surface area contributed by atoms with Crippen LogP contribution in [0.5, 0.6) is 0 Å². The number of nitrogens with zero attached hydrogens (tertiary/aromatic N) is 1. The molecule has 0 aliphatic carbocycles. The highest BCUT2D eigenvalue weighted by atomic mass is 16.6. The molecule has 0 aliphatic rings. The van der Waals surface area contributed by atoms with Gasteiger partial charge in [-0.05, 0) is 31.4 Å². The highest BCUT2D eigenvalue weighted by Gasteiger charge is 2.15. The fraction of sp³-hybridized carbons (Fsp3) is 0.500. The minimum absolute atomic E-state index is 0.159. The van der Waals surface area contributed by atoms with E-state index >= 15 is 0 Å². The molecular formula is C12H18N2O2. The van der Waals surface area contributed by atoms with E-state index in [4.69, 9.17) is 0 Å². The molecule has 1 aromatic rings. The van der Waals surface area contributed by atoms with Crippen molar-refractivity contribution in [2.45, 2.75) is 39.7 Å². The van der Waals surface area contributed by atoms with Crippen LogP contribution in [0, 0.1) is 17.0 Å². The molecule has 1 rings (SSSR count). The van der Waals surface area contributed by atoms with Gasteiger partial charge in [0.1, 0.15) is 5.69 Å². The van der Waals surface area contributed by atoms with Crippen molar-refractivity contribution >= 4 is 11.4 Å². The molecular weight excluding hydrogens is 204 g/mol. The molecule has 0 amide bonds. The normalized spacial score (nSPS) is 10.5. The van der Waals surface area contributed by atoms with Gasteiger partial charge in [0.25, 0.3) is 5.69 Å². The Bertz CT molecular complexity index is 373. The first kappa shape index (κ1) is 12.5. The zero-order valence-electron chi connectivity index (χ0n) is 9.99. The first-order valence-corrected chi connectivity index (χ1v) is 5.60. The Morgan fingerprint density at radius 2 is 2.00 bits per heavy atom. The smallest absolute Gasteiger partial charge is 0.292 e. The molecule has 0 heterocycles. The predicted octanol–water partition coefficient (Wildman–Crippen LogP) is 3.50. The predicted molar refractivity (Wildman–Crippen MR) is 65.8 cm³/mol. The number of hydrogen-bond donors (Lipinski definition) is 1. The Hall–Kier alpha value is -1.58. The molecule has 0 atom stereocenters. The molecule has 16 heavy (non-hydrogen) atoms. The molecule has 0 bridgehead atoms. The molecule has 0 aliphatic heterocycles. The molecule has 88 valence electrons. The number of benzene rings is 1. The van der Waals surface area contributed by atoms with E-state index in [1.165, 1.54) is 0 Å². The van der Waals surface area contributed by atoms with Crippen LogP contribution in [0.4, 0.5) is 11.4 Å². The van der Waals surface area contributed by atoms with Gasteiger partial charge in [0.05, 0.1) is 4.92 Å². The fourth-order valence-corrected chi connectivity index (χ4v) is 1.63. The van der Waals surface area contributed by atoms with E-state index in [-0.39, 0.29) is 10.6 Å². The standard InChI is InChI=1S/C12H18N2O2/c1-4-10(5-2)13-11-7-6-9(3)8-12(11)14(15)16/h6-8,10,13H,4-5H2,1-3H3. The van der Waals surface area contributed by atoms with Gasteiger partial charge >= 0.3 is 0 Å². The maximum absolute atomic E-state index is 10.9. The van der Waals surface area contributed by atoms with Crippen LogP contribution in [0.3, 0.4) is 0 Å². The van der Waals surface area contributed by atoms with E-state index in [0.29, 0.717) is 11.7 Å². The summed E-state index contributed by atoms with van der Waals surface area (Å²) in [5, 5.41) is 14.1. The molecule has 4 heteroatoms. The number of hydrogen-bond acceptors (Lipinski definition) is 3. The van der Waals surface area contributed by atoms with Crippen molar-refractivity contribution in [1.29, 1.82) is 0 Å². The summed E-state index contributed by atoms with van der Waals surface area (Å²) in [7, 11) is 0. The third-order valence-corrected chi connectivity index (χ3v) is 2.70. The van der Waals surface area contributed by atoms with Crippen molar-refractivity contribution in [3.05, 3.63) is 33.9 Å². The van der Waals surface area contributed by atoms with E-state index in [1.54, 1.807) is 12.1 Å². The third kappa shape index (κ3) is 2.95. The highest BCUT2D eigenvalue weighted by Crippen LogP contribution is 2.26. The summed E-state index contributed by atoms with van der Waals surface area (Å²) in [4.78, 5) is 10.6. The van der Waals surface area contributed by atoms with Crippen LogP contribution in [-0.4, -0.2) is 11.0 Å². The van der Waals surface area contributed by atoms with Gasteiger partial charge in [-0.3, -0.25) is 10.1 Å². The summed E-state index contributed by atoms with van der Waals surface area (Å²) >= 11 is 0. The Balaban J connectivity index is 2.98. The van der Waals surface area contributed by atoms with Crippen molar-refractivity contribution in [2.75, 3.05) is 5.32 Å². The molecule has 1 aromatic carbocycles. The minimum atomic E-state index is -0.336. The lowest BCUT2D eigenvalue weighted by Crippen LogP contribution is -2.17. The number of nitro benzene ring substituents is 1. The molecule has 0 unspecified atom stereocenters. The summed E-state index contributed by atoms with van der Waals surface area (Å²) in [5.41, 5.74) is 1.68. The molecule has 0 saturated carbocycles. The van der Waals surface area contributed by atoms with E-state index in [2.05, 4.69) is 19.2 Å². The zero-order valence-corrected chi connectivity index (χ0v) is 9.99. The summed E-state index contributed by atoms with van der Waals surface area (Å²) in [6.45, 7) is 6.00. The van der Waals surface area contributed by atoms with Gasteiger partial charge in [-0.1, -0.05) is 19.9 Å². The number of aryl methyl sites for hydroxylation is 1. The first-order valence-electron chi connectivity index (χ1n) is 5.60. The van der Waals surface area contributed by atoms with Gasteiger partial charge in [0.2, 0.25) is 0 Å². The van der Waals surface area contributed by atoms with E-state index in [9.17, 15) is 10.1 Å². The van der Waals surface area contributed by atoms with E-state index < -0.39 is 0 Å². The van der Waals surface area contributed by atoms with Crippen LogP contribution in [0.15, 0.2) is 18.2 Å². The van der Waals surface area contributed by atoms with Crippen LogP contribution in [0.1, 0.15) is 32.3 Å². The van der Waals surface area contributed by atoms with Gasteiger partial charge in [0.15, 0.2) is 0 Å². The van der Waals surface area contributed by atoms with Gasteiger partial charge in [0, 0.05) is 12.1 Å². The van der Waals surface area contributed by atoms with Gasteiger partial charge in [-0.2, -0.15) is 0 Å². The molecule has 0 saturated heterocycles. The lowest BCUT2D eigenvalue weighted by molar-refractivity contribution is -0.384. The average molecular weight is 222 g/mol. The van der Waals surface area contributed by atoms with Crippen molar-refractivity contribution in [3.8, 4) is 0 Å². The van der Waals surface area contributed by atoms with E-state index in [0.717, 1.165) is 18.4 Å². The van der Waals surface area contributed by atoms with Gasteiger partial charge in [-0.15, -0.1) is 0 Å². The van der Waals surface area contributed by atoms with Crippen LogP contribution < -0.4 is 5.32 Å². The largest absolute Gasteiger partial charge is 0.377 e. The summed E-state index contributed by atoms with van der Waals surface area (Å²) in [6.07, 6.45) is 1.92. The van der Waals surface area contributed by atoms with Crippen LogP contribution in [0.25, 0.3) is 0 Å². The number of nitro groups is 1. The first-order chi connectivity index (χ1) is 7.58. The van der Waals surface area contributed by atoms with Crippen molar-refractivity contribution in [2.24, 2.45) is 0 Å². The molecule has 4 nitrogen and oxygen atoms in total. The highest BCUT2D eigenvalue weighted by molar-refractivity contribution is 5.62. The van der Waals surface area contributed by atoms with Gasteiger partial charge in [-0.25, -0.2) is 0 Å². The van der Waals surface area contributed by atoms with Crippen LogP contribution in [0.2, 0.25) is 0 Å². The second kappa shape index (κ2) is 5.49. The van der Waals surface area contributed by atoms with Crippen LogP contribution >= 0.6 is 0 Å². The molecule has 0 aromatic heterocycles. The summed E-state index contributed by atoms with van der Waals surface area (Å²) in [6, 6.07) is 5.57. The van der Waals surface area contributed by atoms with Crippen molar-refractivity contribution in [1.82, 2.24) is 0 Å². The molecule has 1 N–H and O–H groups in total. The Morgan fingerprint density at radius 3 is 2.50 bits per heavy atom. The summed E-state index contributed by atoms with van der Waals surface area (Å²) < 4.78 is 0. The van der Waals surface area contributed by atoms with E-state index in [1.807, 2.05) is 13.0 Å². The second-order valence-electron chi connectivity index (χ2n) is 3.94. The van der Waals surface area contributed by atoms with Crippen molar-refractivity contribution < 1.29 is 4.92 Å². The zero-order chi connectivity index (χ0) is 12.1. The minimum Gasteiger partial charge on any atom is -0.377 e. The Labute approximate surface area is 95.8 Å². The van der Waals surface area contributed by atoms with Gasteiger partial charge < -0.3 is 5.32 Å². The fourth-order valence-electron chi connectivity index (χ4n) is 1.63. The number of nitrogens with one attached hydrogen (secondary N) is 1. The van der Waals surface area contributed by atoms with Crippen LogP contribution in [-0.2, 0) is 0 Å². The monoisotopic (exact) mass is 222 g/mol. The maximum Gasteiger partial charge on any atom is 0.292 e. The Kier molecular flexibility index (Phi) is 4.28. The van der Waals surface area contributed by atoms with Crippen molar-refractivity contribution in [3.63, 3.8) is 0 Å². The maximum atomic E-state index is 10.9. The SMILES string of the molecule is CCC(CC)Nc1ccc(C)cc1[N+](=O)[O-].